The Hall–Kier alpha value is -1.03. The molecule has 1 aromatic rings. The van der Waals surface area contributed by atoms with Crippen molar-refractivity contribution in [2.45, 2.75) is 39.7 Å². The van der Waals surface area contributed by atoms with Gasteiger partial charge in [0.15, 0.2) is 0 Å². The van der Waals surface area contributed by atoms with E-state index in [1.807, 2.05) is 13.8 Å². The molecule has 0 saturated carbocycles. The van der Waals surface area contributed by atoms with Gasteiger partial charge in [-0.25, -0.2) is 4.79 Å². The Balaban J connectivity index is 2.81. The van der Waals surface area contributed by atoms with Gasteiger partial charge in [-0.1, -0.05) is 13.3 Å². The van der Waals surface area contributed by atoms with Gasteiger partial charge in [0.1, 0.15) is 0 Å². The predicted molar refractivity (Wildman–Crippen MR) is 63.3 cm³/mol. The molecule has 1 rings (SSSR count). The first-order valence-electron chi connectivity index (χ1n) is 5.13. The van der Waals surface area contributed by atoms with Crippen molar-refractivity contribution in [1.82, 2.24) is 0 Å². The summed E-state index contributed by atoms with van der Waals surface area (Å²) in [5, 5.41) is 1.78. The lowest BCUT2D eigenvalue weighted by molar-refractivity contribution is 0.0380. The van der Waals surface area contributed by atoms with Crippen LogP contribution in [0.25, 0.3) is 0 Å². The average Bonchev–Trinajstić information content (AvgIpc) is 2.48. The second-order valence-corrected chi connectivity index (χ2v) is 4.65. The number of rotatable bonds is 4. The molecule has 3 nitrogen and oxygen atoms in total. The smallest absolute Gasteiger partial charge is 0.341 e. The van der Waals surface area contributed by atoms with Crippen LogP contribution in [0.5, 0.6) is 0 Å². The standard InChI is InChI=1S/C11H17NO2S/c1-4-5-9-10(12)8(6-15-9)11(13)14-7(2)3/h6-7H,4-5,12H2,1-3H3. The van der Waals surface area contributed by atoms with E-state index in [2.05, 4.69) is 6.92 Å². The summed E-state index contributed by atoms with van der Waals surface area (Å²) in [5.74, 6) is -0.318. The number of hydrogen-bond donors (Lipinski definition) is 1. The minimum absolute atomic E-state index is 0.105. The number of anilines is 1. The Labute approximate surface area is 94.2 Å². The van der Waals surface area contributed by atoms with E-state index < -0.39 is 0 Å². The second-order valence-electron chi connectivity index (χ2n) is 3.69. The minimum Gasteiger partial charge on any atom is -0.459 e. The first-order chi connectivity index (χ1) is 7.06. The molecule has 0 bridgehead atoms. The summed E-state index contributed by atoms with van der Waals surface area (Å²) < 4.78 is 5.10. The Morgan fingerprint density at radius 1 is 1.60 bits per heavy atom. The van der Waals surface area contributed by atoms with Crippen LogP contribution in [0.15, 0.2) is 5.38 Å². The Morgan fingerprint density at radius 3 is 2.80 bits per heavy atom. The van der Waals surface area contributed by atoms with Crippen LogP contribution < -0.4 is 5.73 Å². The van der Waals surface area contributed by atoms with Crippen molar-refractivity contribution in [3.8, 4) is 0 Å². The summed E-state index contributed by atoms with van der Waals surface area (Å²) in [5.41, 5.74) is 6.98. The van der Waals surface area contributed by atoms with Crippen LogP contribution in [0.2, 0.25) is 0 Å². The quantitative estimate of drug-likeness (QED) is 0.805. The summed E-state index contributed by atoms with van der Waals surface area (Å²) >= 11 is 1.53. The van der Waals surface area contributed by atoms with Crippen LogP contribution >= 0.6 is 11.3 Å². The normalized spacial score (nSPS) is 10.7. The van der Waals surface area contributed by atoms with Crippen molar-refractivity contribution in [3.63, 3.8) is 0 Å². The molecule has 1 heterocycles. The molecular weight excluding hydrogens is 210 g/mol. The molecule has 0 aliphatic carbocycles. The fraction of sp³-hybridized carbons (Fsp3) is 0.545. The van der Waals surface area contributed by atoms with E-state index in [0.29, 0.717) is 11.3 Å². The fourth-order valence-corrected chi connectivity index (χ4v) is 2.31. The van der Waals surface area contributed by atoms with Crippen LogP contribution in [0.4, 0.5) is 5.69 Å². The summed E-state index contributed by atoms with van der Waals surface area (Å²) in [6.45, 7) is 5.74. The summed E-state index contributed by atoms with van der Waals surface area (Å²) in [6.07, 6.45) is 1.85. The molecule has 15 heavy (non-hydrogen) atoms. The third-order valence-electron chi connectivity index (χ3n) is 1.95. The number of ether oxygens (including phenoxy) is 1. The Morgan fingerprint density at radius 2 is 2.27 bits per heavy atom. The highest BCUT2D eigenvalue weighted by Crippen LogP contribution is 2.27. The van der Waals surface area contributed by atoms with Gasteiger partial charge in [0, 0.05) is 10.3 Å². The largest absolute Gasteiger partial charge is 0.459 e. The molecular formula is C11H17NO2S. The van der Waals surface area contributed by atoms with Crippen molar-refractivity contribution in [2.24, 2.45) is 0 Å². The maximum atomic E-state index is 11.6. The van der Waals surface area contributed by atoms with Gasteiger partial charge in [-0.2, -0.15) is 0 Å². The topological polar surface area (TPSA) is 52.3 Å². The third kappa shape index (κ3) is 2.96. The van der Waals surface area contributed by atoms with Gasteiger partial charge in [-0.05, 0) is 20.3 Å². The molecule has 0 aliphatic heterocycles. The molecule has 0 amide bonds. The van der Waals surface area contributed by atoms with Gasteiger partial charge in [-0.15, -0.1) is 11.3 Å². The van der Waals surface area contributed by atoms with Gasteiger partial charge >= 0.3 is 5.97 Å². The number of aryl methyl sites for hydroxylation is 1. The molecule has 84 valence electrons. The Kier molecular flexibility index (Phi) is 4.15. The van der Waals surface area contributed by atoms with Crippen LogP contribution in [0, 0.1) is 0 Å². The van der Waals surface area contributed by atoms with Gasteiger partial charge < -0.3 is 10.5 Å². The lowest BCUT2D eigenvalue weighted by atomic mass is 10.2. The number of hydrogen-bond acceptors (Lipinski definition) is 4. The van der Waals surface area contributed by atoms with Crippen LogP contribution in [0.1, 0.15) is 42.4 Å². The van der Waals surface area contributed by atoms with E-state index in [1.165, 1.54) is 11.3 Å². The molecule has 4 heteroatoms. The van der Waals surface area contributed by atoms with Crippen molar-refractivity contribution >= 4 is 23.0 Å². The number of nitrogens with two attached hydrogens (primary N) is 1. The van der Waals surface area contributed by atoms with Crippen LogP contribution in [-0.4, -0.2) is 12.1 Å². The number of carbonyl (C=O) groups excluding carboxylic acids is 1. The zero-order chi connectivity index (χ0) is 11.4. The highest BCUT2D eigenvalue weighted by Gasteiger charge is 2.16. The minimum atomic E-state index is -0.318. The van der Waals surface area contributed by atoms with E-state index in [-0.39, 0.29) is 12.1 Å². The lowest BCUT2D eigenvalue weighted by Crippen LogP contribution is -2.12. The SMILES string of the molecule is CCCc1scc(C(=O)OC(C)C)c1N. The summed E-state index contributed by atoms with van der Waals surface area (Å²) in [4.78, 5) is 12.7. The summed E-state index contributed by atoms with van der Waals surface area (Å²) in [6, 6.07) is 0. The van der Waals surface area contributed by atoms with E-state index >= 15 is 0 Å². The molecule has 0 atom stereocenters. The maximum absolute atomic E-state index is 11.6. The van der Waals surface area contributed by atoms with Crippen molar-refractivity contribution in [3.05, 3.63) is 15.8 Å². The molecule has 0 fully saturated rings. The number of esters is 1. The van der Waals surface area contributed by atoms with E-state index in [4.69, 9.17) is 10.5 Å². The number of carbonyl (C=O) groups is 1. The first kappa shape index (κ1) is 12.0. The third-order valence-corrected chi connectivity index (χ3v) is 3.01. The van der Waals surface area contributed by atoms with E-state index in [0.717, 1.165) is 17.7 Å². The molecule has 0 aliphatic rings. The van der Waals surface area contributed by atoms with E-state index in [1.54, 1.807) is 5.38 Å². The summed E-state index contributed by atoms with van der Waals surface area (Å²) in [7, 11) is 0. The number of thiophene rings is 1. The molecule has 0 spiro atoms. The fourth-order valence-electron chi connectivity index (χ4n) is 1.26. The van der Waals surface area contributed by atoms with Crippen molar-refractivity contribution < 1.29 is 9.53 Å². The van der Waals surface area contributed by atoms with Crippen molar-refractivity contribution in [2.75, 3.05) is 5.73 Å². The lowest BCUT2D eigenvalue weighted by Gasteiger charge is -2.07. The zero-order valence-electron chi connectivity index (χ0n) is 9.37. The number of nitrogen functional groups attached to an aromatic ring is 1. The predicted octanol–water partition coefficient (Wildman–Crippen LogP) is 2.85. The van der Waals surface area contributed by atoms with Crippen molar-refractivity contribution in [1.29, 1.82) is 0 Å². The highest BCUT2D eigenvalue weighted by molar-refractivity contribution is 7.10. The Bertz CT molecular complexity index is 344. The molecule has 0 radical (unpaired) electrons. The van der Waals surface area contributed by atoms with Crippen LogP contribution in [-0.2, 0) is 11.2 Å². The van der Waals surface area contributed by atoms with Gasteiger partial charge in [0.05, 0.1) is 17.4 Å². The van der Waals surface area contributed by atoms with Gasteiger partial charge in [-0.3, -0.25) is 0 Å². The highest BCUT2D eigenvalue weighted by atomic mass is 32.1. The monoisotopic (exact) mass is 227 g/mol. The average molecular weight is 227 g/mol. The molecule has 2 N–H and O–H groups in total. The first-order valence-corrected chi connectivity index (χ1v) is 6.01. The molecule has 0 unspecified atom stereocenters. The van der Waals surface area contributed by atoms with Crippen LogP contribution in [0.3, 0.4) is 0 Å². The van der Waals surface area contributed by atoms with E-state index in [9.17, 15) is 4.79 Å². The van der Waals surface area contributed by atoms with Gasteiger partial charge in [0.2, 0.25) is 0 Å². The molecule has 1 aromatic heterocycles. The second kappa shape index (κ2) is 5.16. The maximum Gasteiger partial charge on any atom is 0.341 e. The molecule has 0 aromatic carbocycles. The van der Waals surface area contributed by atoms with Gasteiger partial charge in [0.25, 0.3) is 0 Å². The molecule has 0 saturated heterocycles. The zero-order valence-corrected chi connectivity index (χ0v) is 10.2.